The second kappa shape index (κ2) is 6.64. The maximum absolute atomic E-state index is 11.0. The van der Waals surface area contributed by atoms with Gasteiger partial charge in [-0.15, -0.1) is 0 Å². The lowest BCUT2D eigenvalue weighted by atomic mass is 10.4. The summed E-state index contributed by atoms with van der Waals surface area (Å²) < 4.78 is 9.48. The number of carbonyl (C=O) groups is 1. The zero-order chi connectivity index (χ0) is 12.7. The Morgan fingerprint density at radius 3 is 2.65 bits per heavy atom. The van der Waals surface area contributed by atoms with E-state index in [4.69, 9.17) is 4.74 Å². The molecular formula is C10H16N4O3. The van der Waals surface area contributed by atoms with E-state index in [0.29, 0.717) is 24.1 Å². The summed E-state index contributed by atoms with van der Waals surface area (Å²) in [5, 5.41) is 5.75. The summed E-state index contributed by atoms with van der Waals surface area (Å²) in [4.78, 5) is 19.3. The second-order valence-electron chi connectivity index (χ2n) is 3.17. The fourth-order valence-electron chi connectivity index (χ4n) is 1.14. The fraction of sp³-hybridized carbons (Fsp3) is 0.500. The Bertz CT molecular complexity index is 384. The molecule has 7 nitrogen and oxygen atoms in total. The van der Waals surface area contributed by atoms with Crippen molar-refractivity contribution in [1.29, 1.82) is 0 Å². The first-order chi connectivity index (χ1) is 8.19. The third kappa shape index (κ3) is 4.23. The van der Waals surface area contributed by atoms with Crippen LogP contribution in [0.15, 0.2) is 6.07 Å². The summed E-state index contributed by atoms with van der Waals surface area (Å²) in [7, 11) is 4.65. The predicted molar refractivity (Wildman–Crippen MR) is 62.8 cm³/mol. The van der Waals surface area contributed by atoms with E-state index in [1.807, 2.05) is 0 Å². The largest absolute Gasteiger partial charge is 0.468 e. The van der Waals surface area contributed by atoms with Gasteiger partial charge in [0.05, 0.1) is 7.11 Å². The van der Waals surface area contributed by atoms with Gasteiger partial charge in [-0.3, -0.25) is 4.79 Å². The van der Waals surface area contributed by atoms with E-state index in [2.05, 4.69) is 25.3 Å². The number of ether oxygens (including phenoxy) is 2. The first-order valence-electron chi connectivity index (χ1n) is 5.05. The molecule has 0 fully saturated rings. The van der Waals surface area contributed by atoms with Crippen LogP contribution in [0.3, 0.4) is 0 Å². The molecule has 0 unspecified atom stereocenters. The smallest absolute Gasteiger partial charge is 0.325 e. The number of aromatic nitrogens is 2. The van der Waals surface area contributed by atoms with Crippen LogP contribution in [-0.4, -0.2) is 43.7 Å². The Labute approximate surface area is 99.5 Å². The van der Waals surface area contributed by atoms with Crippen LogP contribution in [0.4, 0.5) is 11.6 Å². The third-order valence-corrected chi connectivity index (χ3v) is 1.94. The van der Waals surface area contributed by atoms with E-state index in [0.717, 1.165) is 0 Å². The Balaban J connectivity index is 2.75. The second-order valence-corrected chi connectivity index (χ2v) is 3.17. The van der Waals surface area contributed by atoms with E-state index >= 15 is 0 Å². The summed E-state index contributed by atoms with van der Waals surface area (Å²) in [6, 6.07) is 1.70. The fourth-order valence-corrected chi connectivity index (χ4v) is 1.14. The molecule has 7 heteroatoms. The molecule has 0 atom stereocenters. The van der Waals surface area contributed by atoms with E-state index in [9.17, 15) is 4.79 Å². The average Bonchev–Trinajstić information content (AvgIpc) is 2.36. The van der Waals surface area contributed by atoms with E-state index in [1.165, 1.54) is 7.11 Å². The number of nitrogens with zero attached hydrogens (tertiary/aromatic N) is 2. The molecular weight excluding hydrogens is 224 g/mol. The Morgan fingerprint density at radius 2 is 2.06 bits per heavy atom. The molecule has 1 rings (SSSR count). The maximum atomic E-state index is 11.0. The molecule has 1 aromatic heterocycles. The normalized spacial score (nSPS) is 9.82. The number of hydrogen-bond acceptors (Lipinski definition) is 7. The van der Waals surface area contributed by atoms with Gasteiger partial charge >= 0.3 is 5.97 Å². The van der Waals surface area contributed by atoms with Gasteiger partial charge in [0, 0.05) is 20.2 Å². The highest BCUT2D eigenvalue weighted by atomic mass is 16.5. The number of rotatable bonds is 6. The van der Waals surface area contributed by atoms with Gasteiger partial charge < -0.3 is 20.1 Å². The minimum Gasteiger partial charge on any atom is -0.468 e. The summed E-state index contributed by atoms with van der Waals surface area (Å²) >= 11 is 0. The van der Waals surface area contributed by atoms with Crippen LogP contribution in [-0.2, 0) is 20.9 Å². The standard InChI is InChI=1S/C10H16N4O3/c1-11-7-4-8(12-5-10(15)17-3)14-9(13-7)6-16-2/h4H,5-6H2,1-3H3,(H2,11,12,13,14). The Hall–Kier alpha value is -1.89. The molecule has 0 amide bonds. The molecule has 17 heavy (non-hydrogen) atoms. The average molecular weight is 240 g/mol. The first kappa shape index (κ1) is 13.2. The van der Waals surface area contributed by atoms with Crippen LogP contribution in [0.2, 0.25) is 0 Å². The predicted octanol–water partition coefficient (Wildman–Crippen LogP) is 0.250. The lowest BCUT2D eigenvalue weighted by Crippen LogP contribution is -2.16. The van der Waals surface area contributed by atoms with E-state index in [1.54, 1.807) is 20.2 Å². The highest BCUT2D eigenvalue weighted by Gasteiger charge is 2.05. The summed E-state index contributed by atoms with van der Waals surface area (Å²) in [6.45, 7) is 0.367. The van der Waals surface area contributed by atoms with Crippen LogP contribution in [0.5, 0.6) is 0 Å². The van der Waals surface area contributed by atoms with Crippen molar-refractivity contribution in [3.63, 3.8) is 0 Å². The zero-order valence-electron chi connectivity index (χ0n) is 10.1. The van der Waals surface area contributed by atoms with Crippen LogP contribution in [0.25, 0.3) is 0 Å². The van der Waals surface area contributed by atoms with Gasteiger partial charge in [0.25, 0.3) is 0 Å². The third-order valence-electron chi connectivity index (χ3n) is 1.94. The van der Waals surface area contributed by atoms with Gasteiger partial charge in [-0.05, 0) is 0 Å². The van der Waals surface area contributed by atoms with Gasteiger partial charge in [-0.2, -0.15) is 0 Å². The molecule has 1 aromatic rings. The highest BCUT2D eigenvalue weighted by Crippen LogP contribution is 2.11. The quantitative estimate of drug-likeness (QED) is 0.689. The van der Waals surface area contributed by atoms with Crippen molar-refractivity contribution in [2.75, 3.05) is 38.4 Å². The van der Waals surface area contributed by atoms with Crippen LogP contribution in [0, 0.1) is 0 Å². The minimum absolute atomic E-state index is 0.0586. The highest BCUT2D eigenvalue weighted by molar-refractivity contribution is 5.74. The lowest BCUT2D eigenvalue weighted by molar-refractivity contribution is -0.138. The Kier molecular flexibility index (Phi) is 5.15. The number of carbonyl (C=O) groups excluding carboxylic acids is 1. The van der Waals surface area contributed by atoms with Gasteiger partial charge in [0.15, 0.2) is 5.82 Å². The molecule has 94 valence electrons. The van der Waals surface area contributed by atoms with Crippen molar-refractivity contribution in [3.8, 4) is 0 Å². The molecule has 0 aromatic carbocycles. The van der Waals surface area contributed by atoms with Gasteiger partial charge in [0.2, 0.25) is 0 Å². The molecule has 1 heterocycles. The molecule has 0 spiro atoms. The van der Waals surface area contributed by atoms with Crippen LogP contribution >= 0.6 is 0 Å². The summed E-state index contributed by atoms with van der Waals surface area (Å²) in [5.41, 5.74) is 0. The van der Waals surface area contributed by atoms with Gasteiger partial charge in [-0.1, -0.05) is 0 Å². The summed E-state index contributed by atoms with van der Waals surface area (Å²) in [5.74, 6) is 1.37. The minimum atomic E-state index is -0.358. The SMILES string of the molecule is CNc1cc(NCC(=O)OC)nc(COC)n1. The monoisotopic (exact) mass is 240 g/mol. The van der Waals surface area contributed by atoms with Crippen molar-refractivity contribution >= 4 is 17.6 Å². The molecule has 2 N–H and O–H groups in total. The molecule has 0 aliphatic carbocycles. The van der Waals surface area contributed by atoms with Crippen molar-refractivity contribution in [3.05, 3.63) is 11.9 Å². The van der Waals surface area contributed by atoms with Crippen LogP contribution in [0.1, 0.15) is 5.82 Å². The molecule has 0 aliphatic heterocycles. The number of hydrogen-bond donors (Lipinski definition) is 2. The van der Waals surface area contributed by atoms with Crippen molar-refractivity contribution in [2.45, 2.75) is 6.61 Å². The van der Waals surface area contributed by atoms with Gasteiger partial charge in [-0.25, -0.2) is 9.97 Å². The van der Waals surface area contributed by atoms with Crippen molar-refractivity contribution in [1.82, 2.24) is 9.97 Å². The number of esters is 1. The molecule has 0 bridgehead atoms. The topological polar surface area (TPSA) is 85.4 Å². The molecule has 0 radical (unpaired) electrons. The Morgan fingerprint density at radius 1 is 1.35 bits per heavy atom. The zero-order valence-corrected chi connectivity index (χ0v) is 10.1. The van der Waals surface area contributed by atoms with E-state index in [-0.39, 0.29) is 12.5 Å². The first-order valence-corrected chi connectivity index (χ1v) is 5.05. The number of methoxy groups -OCH3 is 2. The molecule has 0 saturated heterocycles. The van der Waals surface area contributed by atoms with Gasteiger partial charge in [0.1, 0.15) is 24.8 Å². The number of anilines is 2. The van der Waals surface area contributed by atoms with Crippen molar-refractivity contribution in [2.24, 2.45) is 0 Å². The summed E-state index contributed by atoms with van der Waals surface area (Å²) in [6.07, 6.45) is 0. The van der Waals surface area contributed by atoms with E-state index < -0.39 is 0 Å². The van der Waals surface area contributed by atoms with Crippen molar-refractivity contribution < 1.29 is 14.3 Å². The van der Waals surface area contributed by atoms with Crippen LogP contribution < -0.4 is 10.6 Å². The molecule has 0 aliphatic rings. The lowest BCUT2D eigenvalue weighted by Gasteiger charge is -2.08. The molecule has 0 saturated carbocycles. The number of nitrogens with one attached hydrogen (secondary N) is 2. The maximum Gasteiger partial charge on any atom is 0.325 e.